The molecule has 0 aliphatic rings. The fourth-order valence-electron chi connectivity index (χ4n) is 1.28. The Morgan fingerprint density at radius 1 is 1.21 bits per heavy atom. The number of hydrogen-bond donors (Lipinski definition) is 1. The maximum Gasteiger partial charge on any atom is 0.273 e. The van der Waals surface area contributed by atoms with Gasteiger partial charge in [-0.15, -0.1) is 0 Å². The van der Waals surface area contributed by atoms with E-state index in [0.717, 1.165) is 5.56 Å². The summed E-state index contributed by atoms with van der Waals surface area (Å²) < 4.78 is -1.97. The van der Waals surface area contributed by atoms with Crippen LogP contribution in [0.1, 0.15) is 19.4 Å². The minimum atomic E-state index is -1.97. The molecule has 0 spiro atoms. The Morgan fingerprint density at radius 3 is 2.26 bits per heavy atom. The SMILES string of the molecule is CC(C)C(C#Cc1ccccc1)NC(=O)C(Cl)(Cl)Cl. The van der Waals surface area contributed by atoms with Crippen molar-refractivity contribution in [1.82, 2.24) is 5.32 Å². The number of carbonyl (C=O) groups excluding carboxylic acids is 1. The van der Waals surface area contributed by atoms with Crippen molar-refractivity contribution in [2.24, 2.45) is 5.92 Å². The number of benzene rings is 1. The average molecular weight is 319 g/mol. The van der Waals surface area contributed by atoms with E-state index in [1.807, 2.05) is 44.2 Å². The van der Waals surface area contributed by atoms with Crippen molar-refractivity contribution >= 4 is 40.7 Å². The molecule has 2 nitrogen and oxygen atoms in total. The van der Waals surface area contributed by atoms with Crippen LogP contribution in [0.25, 0.3) is 0 Å². The van der Waals surface area contributed by atoms with Gasteiger partial charge in [0.2, 0.25) is 0 Å². The first-order valence-corrected chi connectivity index (χ1v) is 6.88. The molecule has 0 aliphatic carbocycles. The number of amides is 1. The van der Waals surface area contributed by atoms with Crippen LogP contribution in [0.4, 0.5) is 0 Å². The second-order valence-electron chi connectivity index (χ2n) is 4.33. The largest absolute Gasteiger partial charge is 0.338 e. The summed E-state index contributed by atoms with van der Waals surface area (Å²) in [5, 5.41) is 2.62. The molecule has 0 bridgehead atoms. The first-order valence-electron chi connectivity index (χ1n) is 5.75. The first kappa shape index (κ1) is 16.2. The second kappa shape index (κ2) is 7.05. The third-order valence-corrected chi connectivity index (χ3v) is 2.87. The van der Waals surface area contributed by atoms with Crippen LogP contribution in [-0.4, -0.2) is 15.7 Å². The Bertz CT molecular complexity index is 483. The van der Waals surface area contributed by atoms with Gasteiger partial charge in [0.15, 0.2) is 0 Å². The van der Waals surface area contributed by atoms with Crippen LogP contribution in [0.5, 0.6) is 0 Å². The van der Waals surface area contributed by atoms with Crippen molar-refractivity contribution in [2.45, 2.75) is 23.7 Å². The summed E-state index contributed by atoms with van der Waals surface area (Å²) in [5.74, 6) is 5.41. The predicted molar refractivity (Wildman–Crippen MR) is 80.4 cm³/mol. The van der Waals surface area contributed by atoms with Gasteiger partial charge < -0.3 is 5.32 Å². The van der Waals surface area contributed by atoms with Gasteiger partial charge in [-0.2, -0.15) is 0 Å². The van der Waals surface area contributed by atoms with E-state index in [-0.39, 0.29) is 12.0 Å². The molecule has 0 heterocycles. The van der Waals surface area contributed by atoms with Gasteiger partial charge in [0.1, 0.15) is 0 Å². The summed E-state index contributed by atoms with van der Waals surface area (Å²) in [6.07, 6.45) is 0. The van der Waals surface area contributed by atoms with Crippen molar-refractivity contribution in [3.05, 3.63) is 35.9 Å². The Balaban J connectivity index is 2.81. The fraction of sp³-hybridized carbons (Fsp3) is 0.357. The third kappa shape index (κ3) is 5.74. The zero-order chi connectivity index (χ0) is 14.5. The summed E-state index contributed by atoms with van der Waals surface area (Å²) in [4.78, 5) is 11.6. The minimum Gasteiger partial charge on any atom is -0.338 e. The Kier molecular flexibility index (Phi) is 6.00. The van der Waals surface area contributed by atoms with E-state index in [1.54, 1.807) is 0 Å². The molecule has 1 rings (SSSR count). The monoisotopic (exact) mass is 317 g/mol. The van der Waals surface area contributed by atoms with Gasteiger partial charge in [-0.05, 0) is 18.1 Å². The summed E-state index contributed by atoms with van der Waals surface area (Å²) in [5.41, 5.74) is 0.872. The quantitative estimate of drug-likeness (QED) is 0.656. The minimum absolute atomic E-state index is 0.104. The molecular formula is C14H14Cl3NO. The van der Waals surface area contributed by atoms with Gasteiger partial charge in [-0.3, -0.25) is 4.79 Å². The van der Waals surface area contributed by atoms with Crippen molar-refractivity contribution < 1.29 is 4.79 Å². The standard InChI is InChI=1S/C14H14Cl3NO/c1-10(2)12(18-13(19)14(15,16)17)9-8-11-6-4-3-5-7-11/h3-7,10,12H,1-2H3,(H,18,19). The summed E-state index contributed by atoms with van der Waals surface area (Å²) in [6, 6.07) is 9.11. The summed E-state index contributed by atoms with van der Waals surface area (Å²) in [6.45, 7) is 3.87. The second-order valence-corrected chi connectivity index (χ2v) is 6.61. The number of alkyl halides is 3. The van der Waals surface area contributed by atoms with Crippen LogP contribution in [0.3, 0.4) is 0 Å². The molecular weight excluding hydrogens is 305 g/mol. The van der Waals surface area contributed by atoms with E-state index in [4.69, 9.17) is 34.8 Å². The molecule has 0 aromatic heterocycles. The van der Waals surface area contributed by atoms with E-state index in [1.165, 1.54) is 0 Å². The number of halogens is 3. The van der Waals surface area contributed by atoms with Crippen LogP contribution in [0.2, 0.25) is 0 Å². The van der Waals surface area contributed by atoms with Crippen LogP contribution in [0.15, 0.2) is 30.3 Å². The van der Waals surface area contributed by atoms with E-state index >= 15 is 0 Å². The van der Waals surface area contributed by atoms with E-state index in [0.29, 0.717) is 0 Å². The molecule has 0 aliphatic heterocycles. The molecule has 0 radical (unpaired) electrons. The van der Waals surface area contributed by atoms with Crippen molar-refractivity contribution in [1.29, 1.82) is 0 Å². The third-order valence-electron chi connectivity index (χ3n) is 2.36. The van der Waals surface area contributed by atoms with E-state index in [2.05, 4.69) is 17.2 Å². The van der Waals surface area contributed by atoms with Gasteiger partial charge in [0.25, 0.3) is 9.70 Å². The van der Waals surface area contributed by atoms with Crippen LogP contribution in [-0.2, 0) is 4.79 Å². The van der Waals surface area contributed by atoms with Gasteiger partial charge in [-0.25, -0.2) is 0 Å². The Hall–Kier alpha value is -0.880. The molecule has 5 heteroatoms. The lowest BCUT2D eigenvalue weighted by Crippen LogP contribution is -2.43. The summed E-state index contributed by atoms with van der Waals surface area (Å²) >= 11 is 16.6. The molecule has 19 heavy (non-hydrogen) atoms. The smallest absolute Gasteiger partial charge is 0.273 e. The van der Waals surface area contributed by atoms with Gasteiger partial charge in [0.05, 0.1) is 6.04 Å². The highest BCUT2D eigenvalue weighted by Gasteiger charge is 2.32. The normalized spacial score (nSPS) is 12.5. The average Bonchev–Trinajstić information content (AvgIpc) is 2.33. The molecule has 1 amide bonds. The molecule has 0 fully saturated rings. The molecule has 0 saturated carbocycles. The highest BCUT2D eigenvalue weighted by molar-refractivity contribution is 6.76. The van der Waals surface area contributed by atoms with E-state index < -0.39 is 9.70 Å². The predicted octanol–water partition coefficient (Wildman–Crippen LogP) is 3.55. The van der Waals surface area contributed by atoms with Crippen molar-refractivity contribution in [3.63, 3.8) is 0 Å². The molecule has 0 saturated heterocycles. The lowest BCUT2D eigenvalue weighted by Gasteiger charge is -2.19. The molecule has 1 aromatic carbocycles. The number of carbonyl (C=O) groups is 1. The summed E-state index contributed by atoms with van der Waals surface area (Å²) in [7, 11) is 0. The van der Waals surface area contributed by atoms with Crippen LogP contribution < -0.4 is 5.32 Å². The van der Waals surface area contributed by atoms with Crippen molar-refractivity contribution in [3.8, 4) is 11.8 Å². The maximum atomic E-state index is 11.6. The zero-order valence-electron chi connectivity index (χ0n) is 10.6. The number of rotatable bonds is 2. The lowest BCUT2D eigenvalue weighted by atomic mass is 10.0. The van der Waals surface area contributed by atoms with Crippen LogP contribution >= 0.6 is 34.8 Å². The highest BCUT2D eigenvalue weighted by Crippen LogP contribution is 2.26. The molecule has 102 valence electrons. The van der Waals surface area contributed by atoms with Gasteiger partial charge >= 0.3 is 0 Å². The fourth-order valence-corrected chi connectivity index (χ4v) is 1.44. The first-order chi connectivity index (χ1) is 8.80. The Morgan fingerprint density at radius 2 is 1.79 bits per heavy atom. The van der Waals surface area contributed by atoms with E-state index in [9.17, 15) is 4.79 Å². The highest BCUT2D eigenvalue weighted by atomic mass is 35.6. The number of hydrogen-bond acceptors (Lipinski definition) is 1. The molecule has 1 aromatic rings. The van der Waals surface area contributed by atoms with Crippen LogP contribution in [0, 0.1) is 17.8 Å². The molecule has 1 atom stereocenters. The van der Waals surface area contributed by atoms with Crippen molar-refractivity contribution in [2.75, 3.05) is 0 Å². The topological polar surface area (TPSA) is 29.1 Å². The molecule has 1 N–H and O–H groups in total. The van der Waals surface area contributed by atoms with Gasteiger partial charge in [-0.1, -0.05) is 78.7 Å². The Labute approximate surface area is 128 Å². The van der Waals surface area contributed by atoms with Gasteiger partial charge in [0, 0.05) is 5.56 Å². The number of nitrogens with one attached hydrogen (secondary N) is 1. The zero-order valence-corrected chi connectivity index (χ0v) is 12.9. The lowest BCUT2D eigenvalue weighted by molar-refractivity contribution is -0.120. The maximum absolute atomic E-state index is 11.6. The molecule has 1 unspecified atom stereocenters.